The molecule has 0 saturated carbocycles. The van der Waals surface area contributed by atoms with Crippen molar-refractivity contribution in [1.82, 2.24) is 4.98 Å². The third-order valence-electron chi connectivity index (χ3n) is 1.84. The third kappa shape index (κ3) is 3.47. The number of aliphatic hydroxyl groups excluding tert-OH is 2. The highest BCUT2D eigenvalue weighted by atomic mass is 35.5. The van der Waals surface area contributed by atoms with Crippen molar-refractivity contribution in [3.8, 4) is 0 Å². The Kier molecular flexibility index (Phi) is 4.02. The lowest BCUT2D eigenvalue weighted by molar-refractivity contribution is -0.141. The molecule has 0 fully saturated rings. The molecule has 0 amide bonds. The molecule has 2 unspecified atom stereocenters. The molecule has 0 aromatic carbocycles. The summed E-state index contributed by atoms with van der Waals surface area (Å²) in [6.45, 7) is 0. The van der Waals surface area contributed by atoms with Crippen LogP contribution in [0.2, 0.25) is 5.15 Å². The zero-order valence-corrected chi connectivity index (χ0v) is 8.42. The van der Waals surface area contributed by atoms with Crippen molar-refractivity contribution >= 4 is 17.6 Å². The molecule has 2 atom stereocenters. The van der Waals surface area contributed by atoms with Gasteiger partial charge in [0.1, 0.15) is 11.3 Å². The molecule has 6 heteroatoms. The zero-order chi connectivity index (χ0) is 11.4. The van der Waals surface area contributed by atoms with Crippen molar-refractivity contribution < 1.29 is 20.1 Å². The number of nitrogens with zero attached hydrogens (tertiary/aromatic N) is 1. The minimum Gasteiger partial charge on any atom is -0.481 e. The van der Waals surface area contributed by atoms with Crippen molar-refractivity contribution in [2.75, 3.05) is 0 Å². The smallest absolute Gasteiger partial charge is 0.306 e. The highest BCUT2D eigenvalue weighted by Gasteiger charge is 2.21. The minimum atomic E-state index is -1.36. The first-order valence-electron chi connectivity index (χ1n) is 4.20. The van der Waals surface area contributed by atoms with Gasteiger partial charge in [-0.3, -0.25) is 4.79 Å². The van der Waals surface area contributed by atoms with Crippen molar-refractivity contribution in [3.63, 3.8) is 0 Å². The van der Waals surface area contributed by atoms with Gasteiger partial charge in [0.05, 0.1) is 12.5 Å². The summed E-state index contributed by atoms with van der Waals surface area (Å²) in [7, 11) is 0. The van der Waals surface area contributed by atoms with Crippen LogP contribution < -0.4 is 0 Å². The summed E-state index contributed by atoms with van der Waals surface area (Å²) in [5, 5.41) is 27.5. The van der Waals surface area contributed by atoms with Crippen LogP contribution in [0.15, 0.2) is 18.3 Å². The third-order valence-corrected chi connectivity index (χ3v) is 2.06. The van der Waals surface area contributed by atoms with Gasteiger partial charge < -0.3 is 15.3 Å². The van der Waals surface area contributed by atoms with E-state index in [1.54, 1.807) is 0 Å². The van der Waals surface area contributed by atoms with Crippen LogP contribution in [-0.4, -0.2) is 32.4 Å². The number of aromatic nitrogens is 1. The topological polar surface area (TPSA) is 90.7 Å². The molecule has 1 aromatic rings. The Morgan fingerprint density at radius 1 is 1.47 bits per heavy atom. The van der Waals surface area contributed by atoms with Crippen molar-refractivity contribution in [3.05, 3.63) is 29.0 Å². The number of aliphatic hydroxyl groups is 2. The average molecular weight is 232 g/mol. The van der Waals surface area contributed by atoms with Gasteiger partial charge in [0.25, 0.3) is 0 Å². The predicted molar refractivity (Wildman–Crippen MR) is 52.5 cm³/mol. The van der Waals surface area contributed by atoms with Crippen LogP contribution in [0.5, 0.6) is 0 Å². The van der Waals surface area contributed by atoms with Gasteiger partial charge in [-0.05, 0) is 6.07 Å². The molecule has 0 aliphatic carbocycles. The molecule has 1 aromatic heterocycles. The van der Waals surface area contributed by atoms with Crippen LogP contribution in [0.25, 0.3) is 0 Å². The van der Waals surface area contributed by atoms with Crippen molar-refractivity contribution in [2.24, 2.45) is 0 Å². The van der Waals surface area contributed by atoms with E-state index in [4.69, 9.17) is 16.7 Å². The molecule has 0 bridgehead atoms. The zero-order valence-electron chi connectivity index (χ0n) is 7.67. The molecular weight excluding hydrogens is 222 g/mol. The van der Waals surface area contributed by atoms with Gasteiger partial charge in [0.2, 0.25) is 0 Å². The molecule has 0 aliphatic heterocycles. The molecule has 3 N–H and O–H groups in total. The number of hydrogen-bond donors (Lipinski definition) is 3. The summed E-state index contributed by atoms with van der Waals surface area (Å²) in [6.07, 6.45) is -1.86. The van der Waals surface area contributed by atoms with Gasteiger partial charge in [-0.15, -0.1) is 0 Å². The van der Waals surface area contributed by atoms with E-state index < -0.39 is 24.6 Å². The minimum absolute atomic E-state index is 0.263. The molecule has 0 aliphatic rings. The Hall–Kier alpha value is -1.17. The number of carboxylic acid groups (broad SMARTS) is 1. The van der Waals surface area contributed by atoms with Crippen LogP contribution in [0, 0.1) is 0 Å². The van der Waals surface area contributed by atoms with E-state index in [1.807, 2.05) is 0 Å². The second-order valence-corrected chi connectivity index (χ2v) is 3.41. The van der Waals surface area contributed by atoms with E-state index in [1.165, 1.54) is 18.3 Å². The van der Waals surface area contributed by atoms with Gasteiger partial charge in [-0.2, -0.15) is 0 Å². The maximum Gasteiger partial charge on any atom is 0.306 e. The Labute approximate surface area is 91.0 Å². The first-order valence-corrected chi connectivity index (χ1v) is 4.58. The van der Waals surface area contributed by atoms with Gasteiger partial charge in [-0.25, -0.2) is 4.98 Å². The van der Waals surface area contributed by atoms with Crippen LogP contribution in [0.1, 0.15) is 18.1 Å². The number of hydrogen-bond acceptors (Lipinski definition) is 4. The monoisotopic (exact) mass is 231 g/mol. The Bertz CT molecular complexity index is 340. The van der Waals surface area contributed by atoms with E-state index in [0.29, 0.717) is 5.56 Å². The molecule has 15 heavy (non-hydrogen) atoms. The van der Waals surface area contributed by atoms with E-state index in [9.17, 15) is 15.0 Å². The molecule has 0 spiro atoms. The Balaban J connectivity index is 2.71. The number of pyridine rings is 1. The number of halogens is 1. The molecular formula is C9H10ClNO4. The van der Waals surface area contributed by atoms with Gasteiger partial charge in [-0.1, -0.05) is 17.7 Å². The largest absolute Gasteiger partial charge is 0.481 e. The van der Waals surface area contributed by atoms with E-state index >= 15 is 0 Å². The lowest BCUT2D eigenvalue weighted by atomic mass is 10.0. The summed E-state index contributed by atoms with van der Waals surface area (Å²) >= 11 is 5.53. The summed E-state index contributed by atoms with van der Waals surface area (Å²) in [5.74, 6) is -1.18. The lowest BCUT2D eigenvalue weighted by Crippen LogP contribution is -2.21. The number of carboxylic acids is 1. The van der Waals surface area contributed by atoms with E-state index in [2.05, 4.69) is 4.98 Å². The summed E-state index contributed by atoms with van der Waals surface area (Å²) in [6, 6.07) is 2.93. The van der Waals surface area contributed by atoms with Gasteiger partial charge in [0, 0.05) is 11.8 Å². The van der Waals surface area contributed by atoms with Crippen molar-refractivity contribution in [2.45, 2.75) is 18.6 Å². The Morgan fingerprint density at radius 3 is 2.60 bits per heavy atom. The highest BCUT2D eigenvalue weighted by Crippen LogP contribution is 2.19. The predicted octanol–water partition coefficient (Wildman–Crippen LogP) is 0.604. The highest BCUT2D eigenvalue weighted by molar-refractivity contribution is 6.29. The standard InChI is InChI=1S/C9H10ClNO4/c10-7-2-1-5(4-11-7)9(15)6(12)3-8(13)14/h1-2,4,6,9,12,15H,3H2,(H,13,14). The van der Waals surface area contributed by atoms with Crippen LogP contribution in [0.3, 0.4) is 0 Å². The molecule has 0 radical (unpaired) electrons. The molecule has 82 valence electrons. The van der Waals surface area contributed by atoms with Crippen LogP contribution in [-0.2, 0) is 4.79 Å². The summed E-state index contributed by atoms with van der Waals surface area (Å²) in [5.41, 5.74) is 0.327. The van der Waals surface area contributed by atoms with Gasteiger partial charge >= 0.3 is 5.97 Å². The maximum absolute atomic E-state index is 10.3. The lowest BCUT2D eigenvalue weighted by Gasteiger charge is -2.15. The fraction of sp³-hybridized carbons (Fsp3) is 0.333. The second-order valence-electron chi connectivity index (χ2n) is 3.02. The first kappa shape index (κ1) is 11.9. The Morgan fingerprint density at radius 2 is 2.13 bits per heavy atom. The van der Waals surface area contributed by atoms with Crippen molar-refractivity contribution in [1.29, 1.82) is 0 Å². The fourth-order valence-electron chi connectivity index (χ4n) is 1.07. The summed E-state index contributed by atoms with van der Waals surface area (Å²) in [4.78, 5) is 14.0. The average Bonchev–Trinajstić information content (AvgIpc) is 2.17. The molecule has 5 nitrogen and oxygen atoms in total. The van der Waals surface area contributed by atoms with E-state index in [0.717, 1.165) is 0 Å². The van der Waals surface area contributed by atoms with Gasteiger partial charge in [0.15, 0.2) is 0 Å². The van der Waals surface area contributed by atoms with E-state index in [-0.39, 0.29) is 5.15 Å². The quantitative estimate of drug-likeness (QED) is 0.661. The second kappa shape index (κ2) is 5.06. The first-order chi connectivity index (χ1) is 7.00. The maximum atomic E-state index is 10.3. The normalized spacial score (nSPS) is 14.6. The molecule has 1 rings (SSSR count). The SMILES string of the molecule is O=C(O)CC(O)C(O)c1ccc(Cl)nc1. The summed E-state index contributed by atoms with van der Waals surface area (Å²) < 4.78 is 0. The fourth-order valence-corrected chi connectivity index (χ4v) is 1.19. The number of rotatable bonds is 4. The van der Waals surface area contributed by atoms with Crippen LogP contribution in [0.4, 0.5) is 0 Å². The van der Waals surface area contributed by atoms with Crippen LogP contribution >= 0.6 is 11.6 Å². The number of aliphatic carboxylic acids is 1. The molecule has 0 saturated heterocycles. The molecule has 1 heterocycles. The number of carbonyl (C=O) groups is 1.